The highest BCUT2D eigenvalue weighted by Gasteiger charge is 2.73. The van der Waals surface area contributed by atoms with Gasteiger partial charge < -0.3 is 9.47 Å². The minimum Gasteiger partial charge on any atom is -0.466 e. The molecule has 1 saturated heterocycles. The number of alkyl halides is 1. The van der Waals surface area contributed by atoms with Crippen LogP contribution in [0.1, 0.15) is 37.8 Å². The van der Waals surface area contributed by atoms with Crippen LogP contribution in [0, 0.1) is 0 Å². The first-order valence-corrected chi connectivity index (χ1v) is 6.31. The molecule has 0 saturated carbocycles. The Kier molecular flexibility index (Phi) is 3.16. The second-order valence-electron chi connectivity index (χ2n) is 5.00. The second kappa shape index (κ2) is 4.25. The molecular formula is C14H17ClO3. The van der Waals surface area contributed by atoms with Crippen molar-refractivity contribution in [2.24, 2.45) is 0 Å². The highest BCUT2D eigenvalue weighted by molar-refractivity contribution is 6.35. The van der Waals surface area contributed by atoms with Crippen LogP contribution in [-0.4, -0.2) is 18.1 Å². The minimum atomic E-state index is -1.39. The van der Waals surface area contributed by atoms with E-state index in [1.165, 1.54) is 12.7 Å². The first-order chi connectivity index (χ1) is 8.35. The van der Waals surface area contributed by atoms with Crippen LogP contribution in [0.4, 0.5) is 0 Å². The third-order valence-electron chi connectivity index (χ3n) is 3.49. The molecule has 0 amide bonds. The van der Waals surface area contributed by atoms with E-state index in [1.807, 2.05) is 24.3 Å². The molecule has 0 spiro atoms. The molecule has 1 heterocycles. The van der Waals surface area contributed by atoms with Gasteiger partial charge in [-0.25, -0.2) is 4.79 Å². The predicted octanol–water partition coefficient (Wildman–Crippen LogP) is 3.16. The van der Waals surface area contributed by atoms with Crippen LogP contribution in [-0.2, 0) is 19.9 Å². The summed E-state index contributed by atoms with van der Waals surface area (Å²) in [4.78, 5) is 11.6. The molecule has 0 N–H and O–H groups in total. The fourth-order valence-electron chi connectivity index (χ4n) is 2.05. The summed E-state index contributed by atoms with van der Waals surface area (Å²) in [5.74, 6) is -0.0899. The van der Waals surface area contributed by atoms with E-state index < -0.39 is 16.6 Å². The van der Waals surface area contributed by atoms with E-state index in [0.717, 1.165) is 5.56 Å². The Labute approximate surface area is 112 Å². The largest absolute Gasteiger partial charge is 0.466 e. The fraction of sp³-hybridized carbons (Fsp3) is 0.500. The topological polar surface area (TPSA) is 38.8 Å². The van der Waals surface area contributed by atoms with E-state index in [4.69, 9.17) is 16.3 Å². The molecule has 98 valence electrons. The van der Waals surface area contributed by atoms with Crippen molar-refractivity contribution in [2.75, 3.05) is 7.11 Å². The van der Waals surface area contributed by atoms with Gasteiger partial charge in [-0.3, -0.25) is 0 Å². The zero-order valence-electron chi connectivity index (χ0n) is 11.0. The average Bonchev–Trinajstić information content (AvgIpc) is 2.94. The number of benzene rings is 1. The Morgan fingerprint density at radius 3 is 2.33 bits per heavy atom. The van der Waals surface area contributed by atoms with Gasteiger partial charge in [0.2, 0.25) is 0 Å². The van der Waals surface area contributed by atoms with Gasteiger partial charge in [0.15, 0.2) is 0 Å². The number of rotatable bonds is 3. The normalized spacial score (nSPS) is 30.3. The smallest absolute Gasteiger partial charge is 0.357 e. The zero-order valence-corrected chi connectivity index (χ0v) is 11.7. The number of hydrogen-bond acceptors (Lipinski definition) is 3. The molecule has 1 fully saturated rings. The second-order valence-corrected chi connectivity index (χ2v) is 5.53. The van der Waals surface area contributed by atoms with Crippen LogP contribution >= 0.6 is 11.6 Å². The number of halogens is 1. The molecule has 1 aliphatic rings. The maximum atomic E-state index is 11.6. The molecule has 3 nitrogen and oxygen atoms in total. The molecule has 0 bridgehead atoms. The van der Waals surface area contributed by atoms with E-state index in [9.17, 15) is 4.79 Å². The lowest BCUT2D eigenvalue weighted by Crippen LogP contribution is -2.26. The van der Waals surface area contributed by atoms with Crippen molar-refractivity contribution in [3.63, 3.8) is 0 Å². The standard InChI is InChI=1S/C14H17ClO3/c1-9(2)10-5-7-11(8-6-10)13(3)14(15,18-13)12(16)17-4/h5-9H,1-4H3. The summed E-state index contributed by atoms with van der Waals surface area (Å²) in [7, 11) is 1.30. The van der Waals surface area contributed by atoms with Crippen LogP contribution in [0.5, 0.6) is 0 Å². The van der Waals surface area contributed by atoms with E-state index in [-0.39, 0.29) is 0 Å². The van der Waals surface area contributed by atoms with Gasteiger partial charge in [0.05, 0.1) is 7.11 Å². The summed E-state index contributed by atoms with van der Waals surface area (Å²) in [6.45, 7) is 6.05. The summed E-state index contributed by atoms with van der Waals surface area (Å²) in [6.07, 6.45) is 0. The zero-order chi connectivity index (χ0) is 13.6. The third-order valence-corrected chi connectivity index (χ3v) is 4.08. The Morgan fingerprint density at radius 1 is 1.33 bits per heavy atom. The molecule has 18 heavy (non-hydrogen) atoms. The monoisotopic (exact) mass is 268 g/mol. The molecule has 2 rings (SSSR count). The quantitative estimate of drug-likeness (QED) is 0.480. The van der Waals surface area contributed by atoms with Crippen LogP contribution in [0.15, 0.2) is 24.3 Å². The van der Waals surface area contributed by atoms with Crippen LogP contribution in [0.3, 0.4) is 0 Å². The molecule has 2 atom stereocenters. The molecular weight excluding hydrogens is 252 g/mol. The first-order valence-electron chi connectivity index (χ1n) is 5.93. The van der Waals surface area contributed by atoms with Gasteiger partial charge in [0, 0.05) is 0 Å². The van der Waals surface area contributed by atoms with Gasteiger partial charge in [-0.1, -0.05) is 49.7 Å². The molecule has 0 aromatic heterocycles. The van der Waals surface area contributed by atoms with E-state index in [0.29, 0.717) is 5.92 Å². The summed E-state index contributed by atoms with van der Waals surface area (Å²) in [6, 6.07) is 7.95. The molecule has 1 aliphatic heterocycles. The van der Waals surface area contributed by atoms with Gasteiger partial charge in [-0.15, -0.1) is 0 Å². The maximum absolute atomic E-state index is 11.6. The number of methoxy groups -OCH3 is 1. The Morgan fingerprint density at radius 2 is 1.89 bits per heavy atom. The number of carbonyl (C=O) groups is 1. The van der Waals surface area contributed by atoms with Crippen molar-refractivity contribution in [1.29, 1.82) is 0 Å². The van der Waals surface area contributed by atoms with Crippen LogP contribution in [0.2, 0.25) is 0 Å². The van der Waals surface area contributed by atoms with E-state index >= 15 is 0 Å². The third kappa shape index (κ3) is 1.82. The Hall–Kier alpha value is -1.06. The molecule has 1 aromatic carbocycles. The molecule has 1 aromatic rings. The van der Waals surface area contributed by atoms with Crippen molar-refractivity contribution in [2.45, 2.75) is 37.4 Å². The predicted molar refractivity (Wildman–Crippen MR) is 69.6 cm³/mol. The highest BCUT2D eigenvalue weighted by atomic mass is 35.5. The number of esters is 1. The van der Waals surface area contributed by atoms with Crippen LogP contribution in [0.25, 0.3) is 0 Å². The van der Waals surface area contributed by atoms with Gasteiger partial charge in [0.25, 0.3) is 5.06 Å². The lowest BCUT2D eigenvalue weighted by Gasteiger charge is -2.11. The van der Waals surface area contributed by atoms with Crippen LogP contribution < -0.4 is 0 Å². The van der Waals surface area contributed by atoms with Gasteiger partial charge in [0.1, 0.15) is 5.60 Å². The Bertz CT molecular complexity index is 468. The summed E-state index contributed by atoms with van der Waals surface area (Å²) < 4.78 is 10.1. The van der Waals surface area contributed by atoms with Gasteiger partial charge in [-0.05, 0) is 24.0 Å². The lowest BCUT2D eigenvalue weighted by atomic mass is 9.93. The lowest BCUT2D eigenvalue weighted by molar-refractivity contribution is -0.143. The van der Waals surface area contributed by atoms with Crippen molar-refractivity contribution in [3.8, 4) is 0 Å². The fourth-order valence-corrected chi connectivity index (χ4v) is 2.39. The van der Waals surface area contributed by atoms with Crippen molar-refractivity contribution < 1.29 is 14.3 Å². The van der Waals surface area contributed by atoms with Crippen molar-refractivity contribution in [1.82, 2.24) is 0 Å². The van der Waals surface area contributed by atoms with Crippen molar-refractivity contribution in [3.05, 3.63) is 35.4 Å². The molecule has 2 unspecified atom stereocenters. The van der Waals surface area contributed by atoms with Crippen molar-refractivity contribution >= 4 is 17.6 Å². The summed E-state index contributed by atoms with van der Waals surface area (Å²) in [5, 5.41) is -1.39. The highest BCUT2D eigenvalue weighted by Crippen LogP contribution is 2.59. The number of epoxide rings is 1. The maximum Gasteiger partial charge on any atom is 0.357 e. The first kappa shape index (κ1) is 13.4. The molecule has 4 heteroatoms. The summed E-state index contributed by atoms with van der Waals surface area (Å²) >= 11 is 6.14. The van der Waals surface area contributed by atoms with Gasteiger partial charge in [-0.2, -0.15) is 0 Å². The molecule has 0 aliphatic carbocycles. The average molecular weight is 269 g/mol. The van der Waals surface area contributed by atoms with Gasteiger partial charge >= 0.3 is 5.97 Å². The van der Waals surface area contributed by atoms with E-state index in [2.05, 4.69) is 18.6 Å². The SMILES string of the molecule is COC(=O)C1(Cl)OC1(C)c1ccc(C(C)C)cc1. The van der Waals surface area contributed by atoms with E-state index in [1.54, 1.807) is 6.92 Å². The minimum absolute atomic E-state index is 0.466. The molecule has 0 radical (unpaired) electrons. The summed E-state index contributed by atoms with van der Waals surface area (Å²) in [5.41, 5.74) is 1.31. The number of carbonyl (C=O) groups excluding carboxylic acids is 1. The number of ether oxygens (including phenoxy) is 2. The number of hydrogen-bond donors (Lipinski definition) is 0. The Balaban J connectivity index is 2.26.